The second-order valence-electron chi connectivity index (χ2n) is 14.4. The maximum absolute atomic E-state index is 5.34. The Balaban J connectivity index is 1.17. The van der Waals surface area contributed by atoms with Gasteiger partial charge in [0.25, 0.3) is 0 Å². The Labute approximate surface area is 330 Å². The van der Waals surface area contributed by atoms with E-state index in [1.807, 2.05) is 0 Å². The van der Waals surface area contributed by atoms with E-state index in [1.165, 1.54) is 31.5 Å². The first-order chi connectivity index (χ1) is 28.3. The fourth-order valence-corrected chi connectivity index (χ4v) is 13.8. The summed E-state index contributed by atoms with van der Waals surface area (Å²) in [5, 5.41) is 9.88. The van der Waals surface area contributed by atoms with Crippen molar-refractivity contribution in [2.45, 2.75) is 0 Å². The molecule has 0 bridgehead atoms. The van der Waals surface area contributed by atoms with E-state index in [-0.39, 0.29) is 0 Å². The third-order valence-electron chi connectivity index (χ3n) is 11.4. The van der Waals surface area contributed by atoms with Gasteiger partial charge in [-0.25, -0.2) is 9.97 Å². The fraction of sp³-hybridized carbons (Fsp3) is 0. The van der Waals surface area contributed by atoms with Crippen LogP contribution in [0.4, 0.5) is 0 Å². The molecule has 3 heterocycles. The van der Waals surface area contributed by atoms with Gasteiger partial charge in [-0.3, -0.25) is 4.57 Å². The van der Waals surface area contributed by atoms with Gasteiger partial charge in [0.15, 0.2) is 13.9 Å². The number of fused-ring (bicyclic) bond motifs is 7. The number of para-hydroxylation sites is 3. The van der Waals surface area contributed by atoms with Crippen molar-refractivity contribution in [3.63, 3.8) is 0 Å². The molecule has 8 aromatic carbocycles. The Hall–Kier alpha value is -7.41. The molecule has 0 N–H and O–H groups in total. The Morgan fingerprint density at radius 2 is 0.842 bits per heavy atom. The van der Waals surface area contributed by atoms with Crippen LogP contribution in [0.5, 0.6) is 0 Å². The lowest BCUT2D eigenvalue weighted by molar-refractivity contribution is 0.947. The van der Waals surface area contributed by atoms with Gasteiger partial charge in [-0.2, -0.15) is 4.98 Å². The highest BCUT2D eigenvalue weighted by Gasteiger charge is 2.41. The van der Waals surface area contributed by atoms with Crippen LogP contribution in [-0.4, -0.2) is 32.2 Å². The highest BCUT2D eigenvalue weighted by molar-refractivity contribution is 7.19. The van der Waals surface area contributed by atoms with Gasteiger partial charge in [0.05, 0.1) is 22.1 Å². The molecule has 0 saturated heterocycles. The summed E-state index contributed by atoms with van der Waals surface area (Å²) in [6.45, 7) is 0. The van der Waals surface area contributed by atoms with Crippen LogP contribution >= 0.6 is 0 Å². The van der Waals surface area contributed by atoms with E-state index in [0.717, 1.165) is 44.1 Å². The SMILES string of the molecule is c1ccc(-n2c3ccccc3c3ccc4c5ccccc5n(-c5ncnc(-c6cccc([Si](c7ccccc7)(c7ccccc7)c7ccccc7)c6)n5)c4c32)cc1. The van der Waals surface area contributed by atoms with E-state index < -0.39 is 8.07 Å². The van der Waals surface area contributed by atoms with E-state index in [1.54, 1.807) is 6.33 Å². The monoisotopic (exact) mass is 745 g/mol. The molecule has 0 aliphatic rings. The van der Waals surface area contributed by atoms with Crippen molar-refractivity contribution in [3.8, 4) is 23.0 Å². The van der Waals surface area contributed by atoms with E-state index in [9.17, 15) is 0 Å². The second-order valence-corrected chi connectivity index (χ2v) is 18.2. The summed E-state index contributed by atoms with van der Waals surface area (Å²) in [6, 6.07) is 74.2. The lowest BCUT2D eigenvalue weighted by Gasteiger charge is -2.34. The molecule has 0 fully saturated rings. The van der Waals surface area contributed by atoms with Gasteiger partial charge in [-0.1, -0.05) is 182 Å². The molecule has 3 aromatic heterocycles. The quantitative estimate of drug-likeness (QED) is 0.121. The standard InChI is InChI=1S/C51H35N5Si/c1-5-19-37(20-6-1)55-46-30-15-13-28-42(46)44-32-33-45-43-29-14-16-31-47(43)56(49(45)48(44)55)51-53-35-52-50(54-51)36-18-17-27-41(34-36)57(38-21-7-2-8-22-38,39-23-9-3-10-24-39)40-25-11-4-12-26-40/h1-35H. The minimum Gasteiger partial charge on any atom is -0.307 e. The Bertz CT molecular complexity index is 3130. The zero-order valence-corrected chi connectivity index (χ0v) is 31.9. The summed E-state index contributed by atoms with van der Waals surface area (Å²) in [6.07, 6.45) is 1.66. The highest BCUT2D eigenvalue weighted by atomic mass is 28.3. The number of rotatable bonds is 7. The molecule has 57 heavy (non-hydrogen) atoms. The molecule has 5 nitrogen and oxygen atoms in total. The maximum atomic E-state index is 5.34. The van der Waals surface area contributed by atoms with Crippen LogP contribution in [0.3, 0.4) is 0 Å². The molecule has 268 valence electrons. The first-order valence-corrected chi connectivity index (χ1v) is 21.3. The van der Waals surface area contributed by atoms with Gasteiger partial charge in [0.2, 0.25) is 5.95 Å². The number of benzene rings is 8. The van der Waals surface area contributed by atoms with Gasteiger partial charge < -0.3 is 4.57 Å². The highest BCUT2D eigenvalue weighted by Crippen LogP contribution is 2.41. The van der Waals surface area contributed by atoms with Crippen molar-refractivity contribution in [1.82, 2.24) is 24.1 Å². The number of aromatic nitrogens is 5. The summed E-state index contributed by atoms with van der Waals surface area (Å²) in [4.78, 5) is 15.1. The van der Waals surface area contributed by atoms with Crippen LogP contribution in [0.2, 0.25) is 0 Å². The average Bonchev–Trinajstić information content (AvgIpc) is 3.82. The minimum absolute atomic E-state index is 0.576. The van der Waals surface area contributed by atoms with Crippen LogP contribution in [0.15, 0.2) is 213 Å². The van der Waals surface area contributed by atoms with E-state index in [4.69, 9.17) is 15.0 Å². The van der Waals surface area contributed by atoms with E-state index in [0.29, 0.717) is 11.8 Å². The smallest absolute Gasteiger partial charge is 0.238 e. The lowest BCUT2D eigenvalue weighted by atomic mass is 10.1. The van der Waals surface area contributed by atoms with Crippen molar-refractivity contribution >= 4 is 72.4 Å². The Morgan fingerprint density at radius 3 is 1.42 bits per heavy atom. The summed E-state index contributed by atoms with van der Waals surface area (Å²) < 4.78 is 4.62. The summed E-state index contributed by atoms with van der Waals surface area (Å²) in [7, 11) is -2.77. The lowest BCUT2D eigenvalue weighted by Crippen LogP contribution is -2.74. The summed E-state index contributed by atoms with van der Waals surface area (Å²) in [5.74, 6) is 1.20. The molecule has 0 saturated carbocycles. The van der Waals surface area contributed by atoms with Crippen molar-refractivity contribution in [2.24, 2.45) is 0 Å². The molecule has 0 atom stereocenters. The average molecular weight is 746 g/mol. The van der Waals surface area contributed by atoms with Crippen molar-refractivity contribution in [3.05, 3.63) is 213 Å². The van der Waals surface area contributed by atoms with Crippen molar-refractivity contribution < 1.29 is 0 Å². The summed E-state index contributed by atoms with van der Waals surface area (Å²) >= 11 is 0. The normalized spacial score (nSPS) is 11.9. The number of hydrogen-bond acceptors (Lipinski definition) is 3. The molecule has 0 radical (unpaired) electrons. The Morgan fingerprint density at radius 1 is 0.368 bits per heavy atom. The predicted molar refractivity (Wildman–Crippen MR) is 238 cm³/mol. The van der Waals surface area contributed by atoms with Gasteiger partial charge in [-0.15, -0.1) is 0 Å². The molecule has 11 aromatic rings. The second kappa shape index (κ2) is 13.4. The predicted octanol–water partition coefficient (Wildman–Crippen LogP) is 9.11. The van der Waals surface area contributed by atoms with Crippen LogP contribution in [0.25, 0.3) is 66.6 Å². The Kier molecular flexibility index (Phi) is 7.76. The van der Waals surface area contributed by atoms with E-state index >= 15 is 0 Å². The van der Waals surface area contributed by atoms with Gasteiger partial charge in [-0.05, 0) is 45.0 Å². The van der Waals surface area contributed by atoms with Crippen LogP contribution < -0.4 is 20.7 Å². The van der Waals surface area contributed by atoms with E-state index in [2.05, 4.69) is 215 Å². The summed E-state index contributed by atoms with van der Waals surface area (Å²) in [5.41, 5.74) is 6.41. The molecule has 11 rings (SSSR count). The van der Waals surface area contributed by atoms with Crippen molar-refractivity contribution in [2.75, 3.05) is 0 Å². The zero-order chi connectivity index (χ0) is 37.8. The van der Waals surface area contributed by atoms with Gasteiger partial charge in [0, 0.05) is 32.8 Å². The molecule has 0 aliphatic heterocycles. The first kappa shape index (κ1) is 33.0. The van der Waals surface area contributed by atoms with Crippen molar-refractivity contribution in [1.29, 1.82) is 0 Å². The molecule has 0 unspecified atom stereocenters. The molecule has 0 aliphatic carbocycles. The van der Waals surface area contributed by atoms with Gasteiger partial charge in [0.1, 0.15) is 6.33 Å². The molecular weight excluding hydrogens is 711 g/mol. The molecule has 0 amide bonds. The third kappa shape index (κ3) is 5.11. The third-order valence-corrected chi connectivity index (χ3v) is 16.2. The molecule has 6 heteroatoms. The fourth-order valence-electron chi connectivity index (χ4n) is 9.04. The van der Waals surface area contributed by atoms with Gasteiger partial charge >= 0.3 is 0 Å². The maximum Gasteiger partial charge on any atom is 0.238 e. The largest absolute Gasteiger partial charge is 0.307 e. The number of hydrogen-bond donors (Lipinski definition) is 0. The van der Waals surface area contributed by atoms with Crippen LogP contribution in [0.1, 0.15) is 0 Å². The minimum atomic E-state index is -2.77. The van der Waals surface area contributed by atoms with Crippen LogP contribution in [0, 0.1) is 0 Å². The number of nitrogens with zero attached hydrogens (tertiary/aromatic N) is 5. The zero-order valence-electron chi connectivity index (χ0n) is 30.9. The van der Waals surface area contributed by atoms with Crippen LogP contribution in [-0.2, 0) is 0 Å². The molecular formula is C51H35N5Si. The first-order valence-electron chi connectivity index (χ1n) is 19.3. The molecule has 0 spiro atoms. The topological polar surface area (TPSA) is 48.5 Å².